The van der Waals surface area contributed by atoms with Crippen LogP contribution >= 0.6 is 0 Å². The van der Waals surface area contributed by atoms with Gasteiger partial charge in [0.15, 0.2) is 0 Å². The van der Waals surface area contributed by atoms with Crippen molar-refractivity contribution in [2.24, 2.45) is 16.7 Å². The van der Waals surface area contributed by atoms with Crippen molar-refractivity contribution >= 4 is 5.84 Å². The van der Waals surface area contributed by atoms with Crippen LogP contribution in [0.1, 0.15) is 5.56 Å². The van der Waals surface area contributed by atoms with Gasteiger partial charge in [0.25, 0.3) is 0 Å². The molecule has 3 heteroatoms. The summed E-state index contributed by atoms with van der Waals surface area (Å²) in [6.07, 6.45) is 0. The maximum absolute atomic E-state index is 5.67. The van der Waals surface area contributed by atoms with Crippen LogP contribution in [0.2, 0.25) is 0 Å². The van der Waals surface area contributed by atoms with Crippen LogP contribution in [-0.4, -0.2) is 5.84 Å². The number of amidine groups is 1. The molecule has 3 nitrogen and oxygen atoms in total. The molecule has 0 spiro atoms. The van der Waals surface area contributed by atoms with Gasteiger partial charge in [-0.25, -0.2) is 0 Å². The SMILES string of the molecule is N/N=C(\N)c1cccc(-c2ccccc2)c1. The minimum Gasteiger partial charge on any atom is -0.382 e. The topological polar surface area (TPSA) is 64.4 Å². The summed E-state index contributed by atoms with van der Waals surface area (Å²) in [7, 11) is 0. The maximum atomic E-state index is 5.67. The van der Waals surface area contributed by atoms with Gasteiger partial charge in [-0.05, 0) is 17.2 Å². The monoisotopic (exact) mass is 211 g/mol. The lowest BCUT2D eigenvalue weighted by atomic mass is 10.0. The zero-order valence-corrected chi connectivity index (χ0v) is 8.80. The zero-order valence-electron chi connectivity index (χ0n) is 8.80. The Kier molecular flexibility index (Phi) is 2.87. The molecule has 0 bridgehead atoms. The van der Waals surface area contributed by atoms with Crippen LogP contribution in [0.3, 0.4) is 0 Å². The van der Waals surface area contributed by atoms with Gasteiger partial charge in [0.2, 0.25) is 0 Å². The standard InChI is InChI=1S/C13H13N3/c14-13(16-15)12-8-4-7-11(9-12)10-5-2-1-3-6-10/h1-9H,15H2,(H2,14,16). The number of hydrogen-bond acceptors (Lipinski definition) is 2. The summed E-state index contributed by atoms with van der Waals surface area (Å²) in [5.74, 6) is 5.50. The average molecular weight is 211 g/mol. The van der Waals surface area contributed by atoms with Crippen LogP contribution in [0, 0.1) is 0 Å². The fourth-order valence-corrected chi connectivity index (χ4v) is 1.56. The highest BCUT2D eigenvalue weighted by Gasteiger charge is 2.01. The molecule has 0 aliphatic heterocycles. The molecule has 2 rings (SSSR count). The Hall–Kier alpha value is -2.29. The van der Waals surface area contributed by atoms with Crippen molar-refractivity contribution < 1.29 is 0 Å². The zero-order chi connectivity index (χ0) is 11.4. The highest BCUT2D eigenvalue weighted by Crippen LogP contribution is 2.19. The second-order valence-corrected chi connectivity index (χ2v) is 3.46. The van der Waals surface area contributed by atoms with E-state index in [0.29, 0.717) is 5.84 Å². The molecule has 0 saturated carbocycles. The molecule has 2 aromatic carbocycles. The van der Waals surface area contributed by atoms with Crippen molar-refractivity contribution in [2.45, 2.75) is 0 Å². The van der Waals surface area contributed by atoms with Crippen molar-refractivity contribution in [2.75, 3.05) is 0 Å². The lowest BCUT2D eigenvalue weighted by Gasteiger charge is -2.04. The Morgan fingerprint density at radius 3 is 2.25 bits per heavy atom. The third-order valence-corrected chi connectivity index (χ3v) is 2.40. The molecular weight excluding hydrogens is 198 g/mol. The van der Waals surface area contributed by atoms with Crippen LogP contribution in [0.4, 0.5) is 0 Å². The van der Waals surface area contributed by atoms with Crippen LogP contribution in [-0.2, 0) is 0 Å². The molecule has 0 aromatic heterocycles. The van der Waals surface area contributed by atoms with E-state index in [9.17, 15) is 0 Å². The van der Waals surface area contributed by atoms with E-state index in [1.807, 2.05) is 42.5 Å². The summed E-state index contributed by atoms with van der Waals surface area (Å²) >= 11 is 0. The molecule has 0 aliphatic carbocycles. The molecular formula is C13H13N3. The first-order valence-electron chi connectivity index (χ1n) is 5.00. The van der Waals surface area contributed by atoms with E-state index in [1.165, 1.54) is 0 Å². The Morgan fingerprint density at radius 2 is 1.56 bits per heavy atom. The quantitative estimate of drug-likeness (QED) is 0.345. The molecule has 0 aliphatic rings. The number of hydrazone groups is 1. The first-order valence-corrected chi connectivity index (χ1v) is 5.00. The fraction of sp³-hybridized carbons (Fsp3) is 0. The normalized spacial score (nSPS) is 11.4. The number of benzene rings is 2. The number of nitrogens with two attached hydrogens (primary N) is 2. The first-order chi connectivity index (χ1) is 7.81. The van der Waals surface area contributed by atoms with Crippen molar-refractivity contribution in [3.8, 4) is 11.1 Å². The van der Waals surface area contributed by atoms with Crippen molar-refractivity contribution in [1.82, 2.24) is 0 Å². The van der Waals surface area contributed by atoms with Crippen molar-refractivity contribution in [1.29, 1.82) is 0 Å². The molecule has 0 saturated heterocycles. The van der Waals surface area contributed by atoms with Gasteiger partial charge < -0.3 is 11.6 Å². The molecule has 16 heavy (non-hydrogen) atoms. The van der Waals surface area contributed by atoms with E-state index in [2.05, 4.69) is 17.2 Å². The second-order valence-electron chi connectivity index (χ2n) is 3.46. The summed E-state index contributed by atoms with van der Waals surface area (Å²) in [5.41, 5.74) is 8.75. The van der Waals surface area contributed by atoms with E-state index in [1.54, 1.807) is 0 Å². The summed E-state index contributed by atoms with van der Waals surface area (Å²) in [5, 5.41) is 3.49. The number of nitrogens with zero attached hydrogens (tertiary/aromatic N) is 1. The first kappa shape index (κ1) is 10.2. The van der Waals surface area contributed by atoms with Crippen molar-refractivity contribution in [3.63, 3.8) is 0 Å². The summed E-state index contributed by atoms with van der Waals surface area (Å²) < 4.78 is 0. The van der Waals surface area contributed by atoms with E-state index in [4.69, 9.17) is 11.6 Å². The lowest BCUT2D eigenvalue weighted by molar-refractivity contribution is 1.23. The Labute approximate surface area is 94.4 Å². The highest BCUT2D eigenvalue weighted by atomic mass is 15.1. The fourth-order valence-electron chi connectivity index (χ4n) is 1.56. The summed E-state index contributed by atoms with van der Waals surface area (Å²) in [6, 6.07) is 17.9. The van der Waals surface area contributed by atoms with E-state index >= 15 is 0 Å². The minimum absolute atomic E-state index is 0.345. The van der Waals surface area contributed by atoms with E-state index in [-0.39, 0.29) is 0 Å². The van der Waals surface area contributed by atoms with Gasteiger partial charge in [-0.1, -0.05) is 48.5 Å². The van der Waals surface area contributed by atoms with Gasteiger partial charge in [0.1, 0.15) is 5.84 Å². The molecule has 2 aromatic rings. The minimum atomic E-state index is 0.345. The third kappa shape index (κ3) is 2.03. The summed E-state index contributed by atoms with van der Waals surface area (Å²) in [6.45, 7) is 0. The second kappa shape index (κ2) is 4.49. The van der Waals surface area contributed by atoms with Crippen LogP contribution < -0.4 is 11.6 Å². The molecule has 0 amide bonds. The number of hydrogen-bond donors (Lipinski definition) is 2. The molecule has 0 heterocycles. The predicted molar refractivity (Wildman–Crippen MR) is 66.8 cm³/mol. The van der Waals surface area contributed by atoms with Gasteiger partial charge in [0.05, 0.1) is 0 Å². The molecule has 0 unspecified atom stereocenters. The Bertz CT molecular complexity index is 504. The maximum Gasteiger partial charge on any atom is 0.150 e. The van der Waals surface area contributed by atoms with Crippen LogP contribution in [0.5, 0.6) is 0 Å². The highest BCUT2D eigenvalue weighted by molar-refractivity contribution is 5.98. The van der Waals surface area contributed by atoms with E-state index in [0.717, 1.165) is 16.7 Å². The van der Waals surface area contributed by atoms with Crippen molar-refractivity contribution in [3.05, 3.63) is 60.2 Å². The van der Waals surface area contributed by atoms with Gasteiger partial charge in [-0.15, -0.1) is 0 Å². The Morgan fingerprint density at radius 1 is 0.875 bits per heavy atom. The lowest BCUT2D eigenvalue weighted by Crippen LogP contribution is -2.15. The average Bonchev–Trinajstić information content (AvgIpc) is 2.39. The third-order valence-electron chi connectivity index (χ3n) is 2.40. The van der Waals surface area contributed by atoms with Gasteiger partial charge in [0, 0.05) is 5.56 Å². The van der Waals surface area contributed by atoms with Gasteiger partial charge in [-0.2, -0.15) is 5.10 Å². The summed E-state index contributed by atoms with van der Waals surface area (Å²) in [4.78, 5) is 0. The molecule has 0 fully saturated rings. The molecule has 0 atom stereocenters. The van der Waals surface area contributed by atoms with Gasteiger partial charge >= 0.3 is 0 Å². The van der Waals surface area contributed by atoms with E-state index < -0.39 is 0 Å². The van der Waals surface area contributed by atoms with Crippen LogP contribution in [0.15, 0.2) is 59.7 Å². The predicted octanol–water partition coefficient (Wildman–Crippen LogP) is 1.93. The van der Waals surface area contributed by atoms with Crippen LogP contribution in [0.25, 0.3) is 11.1 Å². The molecule has 4 N–H and O–H groups in total. The Balaban J connectivity index is 2.44. The number of rotatable bonds is 2. The smallest absolute Gasteiger partial charge is 0.150 e. The van der Waals surface area contributed by atoms with Gasteiger partial charge in [-0.3, -0.25) is 0 Å². The molecule has 0 radical (unpaired) electrons. The molecule has 80 valence electrons. The largest absolute Gasteiger partial charge is 0.382 e.